The molecule has 3 rings (SSSR count). The third kappa shape index (κ3) is 4.54. The van der Waals surface area contributed by atoms with Crippen LogP contribution in [0.1, 0.15) is 23.7 Å². The maximum absolute atomic E-state index is 12.5. The molecule has 0 spiro atoms. The molecule has 0 atom stereocenters. The van der Waals surface area contributed by atoms with Crippen LogP contribution in [0.15, 0.2) is 66.9 Å². The van der Waals surface area contributed by atoms with Crippen LogP contribution in [0.3, 0.4) is 0 Å². The molecule has 2 aromatic carbocycles. The Morgan fingerprint density at radius 1 is 1.00 bits per heavy atom. The number of anilines is 2. The number of benzene rings is 2. The number of hydrogen-bond donors (Lipinski definition) is 2. The first-order valence-electron chi connectivity index (χ1n) is 8.91. The molecule has 3 aromatic rings. The van der Waals surface area contributed by atoms with E-state index in [0.717, 1.165) is 5.56 Å². The van der Waals surface area contributed by atoms with Gasteiger partial charge in [-0.05, 0) is 36.4 Å². The number of amides is 2. The van der Waals surface area contributed by atoms with Crippen LogP contribution < -0.4 is 15.4 Å². The number of carbonyl (C=O) groups is 2. The lowest BCUT2D eigenvalue weighted by Gasteiger charge is -2.11. The Bertz CT molecular complexity index is 984. The topological polar surface area (TPSA) is 80.3 Å². The molecule has 0 unspecified atom stereocenters. The lowest BCUT2D eigenvalue weighted by molar-refractivity contribution is -0.115. The van der Waals surface area contributed by atoms with Crippen LogP contribution in [0.5, 0.6) is 5.75 Å². The molecular weight excluding hydrogens is 354 g/mol. The highest BCUT2D eigenvalue weighted by molar-refractivity contribution is 6.04. The van der Waals surface area contributed by atoms with Crippen LogP contribution in [0.25, 0.3) is 11.3 Å². The Hall–Kier alpha value is -3.67. The van der Waals surface area contributed by atoms with Gasteiger partial charge in [0.05, 0.1) is 18.5 Å². The van der Waals surface area contributed by atoms with Crippen molar-refractivity contribution in [1.82, 2.24) is 4.98 Å². The lowest BCUT2D eigenvalue weighted by atomic mass is 10.1. The third-order valence-corrected chi connectivity index (χ3v) is 4.15. The quantitative estimate of drug-likeness (QED) is 0.671. The molecule has 0 radical (unpaired) electrons. The van der Waals surface area contributed by atoms with Gasteiger partial charge in [0.15, 0.2) is 0 Å². The molecule has 6 nitrogen and oxygen atoms in total. The zero-order valence-electron chi connectivity index (χ0n) is 15.7. The van der Waals surface area contributed by atoms with Crippen molar-refractivity contribution in [3.05, 3.63) is 72.4 Å². The van der Waals surface area contributed by atoms with Crippen molar-refractivity contribution in [2.75, 3.05) is 17.7 Å². The highest BCUT2D eigenvalue weighted by Crippen LogP contribution is 2.26. The summed E-state index contributed by atoms with van der Waals surface area (Å²) in [6.07, 6.45) is 2.05. The fraction of sp³-hybridized carbons (Fsp3) is 0.136. The van der Waals surface area contributed by atoms with Gasteiger partial charge in [-0.15, -0.1) is 0 Å². The van der Waals surface area contributed by atoms with Crippen molar-refractivity contribution in [1.29, 1.82) is 0 Å². The summed E-state index contributed by atoms with van der Waals surface area (Å²) in [5.41, 5.74) is 3.28. The average molecular weight is 375 g/mol. The molecule has 1 heterocycles. The molecular formula is C22H21N3O3. The largest absolute Gasteiger partial charge is 0.497 e. The Morgan fingerprint density at radius 3 is 2.50 bits per heavy atom. The zero-order valence-corrected chi connectivity index (χ0v) is 15.7. The third-order valence-electron chi connectivity index (χ3n) is 4.15. The molecule has 142 valence electrons. The first kappa shape index (κ1) is 19.1. The molecule has 0 aliphatic carbocycles. The number of methoxy groups -OCH3 is 1. The van der Waals surface area contributed by atoms with Crippen molar-refractivity contribution in [3.8, 4) is 17.0 Å². The van der Waals surface area contributed by atoms with Crippen LogP contribution in [0.2, 0.25) is 0 Å². The number of rotatable bonds is 6. The molecule has 2 amide bonds. The smallest absolute Gasteiger partial charge is 0.255 e. The fourth-order valence-electron chi connectivity index (χ4n) is 2.66. The molecule has 6 heteroatoms. The molecule has 1 aromatic heterocycles. The molecule has 0 saturated carbocycles. The number of aromatic nitrogens is 1. The number of carbonyl (C=O) groups excluding carboxylic acids is 2. The van der Waals surface area contributed by atoms with Crippen molar-refractivity contribution < 1.29 is 14.3 Å². The van der Waals surface area contributed by atoms with Gasteiger partial charge in [-0.2, -0.15) is 0 Å². The highest BCUT2D eigenvalue weighted by Gasteiger charge is 2.11. The van der Waals surface area contributed by atoms with E-state index in [1.807, 2.05) is 24.3 Å². The van der Waals surface area contributed by atoms with Gasteiger partial charge >= 0.3 is 0 Å². The number of ether oxygens (including phenoxy) is 1. The van der Waals surface area contributed by atoms with E-state index >= 15 is 0 Å². The monoisotopic (exact) mass is 375 g/mol. The van der Waals surface area contributed by atoms with Crippen LogP contribution in [0, 0.1) is 0 Å². The summed E-state index contributed by atoms with van der Waals surface area (Å²) in [5.74, 6) is 0.369. The van der Waals surface area contributed by atoms with Crippen molar-refractivity contribution in [3.63, 3.8) is 0 Å². The maximum atomic E-state index is 12.5. The second-order valence-corrected chi connectivity index (χ2v) is 6.06. The predicted molar refractivity (Wildman–Crippen MR) is 110 cm³/mol. The molecule has 0 aliphatic rings. The van der Waals surface area contributed by atoms with Gasteiger partial charge in [0, 0.05) is 35.5 Å². The molecule has 0 aliphatic heterocycles. The maximum Gasteiger partial charge on any atom is 0.255 e. The van der Waals surface area contributed by atoms with E-state index in [0.29, 0.717) is 34.8 Å². The molecule has 28 heavy (non-hydrogen) atoms. The van der Waals surface area contributed by atoms with E-state index in [9.17, 15) is 9.59 Å². The minimum absolute atomic E-state index is 0.0801. The van der Waals surface area contributed by atoms with E-state index in [4.69, 9.17) is 4.74 Å². The standard InChI is InChI=1S/C22H21N3O3/c1-3-20(26)25-19-8-5-13-23-21(19)15-9-11-16(12-10-15)22(27)24-17-6-4-7-18(14-17)28-2/h4-14H,3H2,1-2H3,(H,24,27)(H,25,26). The Labute approximate surface area is 163 Å². The van der Waals surface area contributed by atoms with E-state index in [-0.39, 0.29) is 11.8 Å². The normalized spacial score (nSPS) is 10.2. The number of pyridine rings is 1. The fourth-order valence-corrected chi connectivity index (χ4v) is 2.66. The number of hydrogen-bond acceptors (Lipinski definition) is 4. The molecule has 2 N–H and O–H groups in total. The van der Waals surface area contributed by atoms with Gasteiger partial charge in [-0.1, -0.05) is 25.1 Å². The highest BCUT2D eigenvalue weighted by atomic mass is 16.5. The van der Waals surface area contributed by atoms with Crippen molar-refractivity contribution >= 4 is 23.2 Å². The lowest BCUT2D eigenvalue weighted by Crippen LogP contribution is -2.12. The van der Waals surface area contributed by atoms with Crippen molar-refractivity contribution in [2.45, 2.75) is 13.3 Å². The summed E-state index contributed by atoms with van der Waals surface area (Å²) >= 11 is 0. The SMILES string of the molecule is CCC(=O)Nc1cccnc1-c1ccc(C(=O)Nc2cccc(OC)c2)cc1. The van der Waals surface area contributed by atoms with Gasteiger partial charge < -0.3 is 15.4 Å². The van der Waals surface area contributed by atoms with Crippen LogP contribution >= 0.6 is 0 Å². The van der Waals surface area contributed by atoms with Gasteiger partial charge in [-0.25, -0.2) is 0 Å². The second-order valence-electron chi connectivity index (χ2n) is 6.06. The summed E-state index contributed by atoms with van der Waals surface area (Å²) < 4.78 is 5.17. The van der Waals surface area contributed by atoms with E-state index < -0.39 is 0 Å². The molecule has 0 saturated heterocycles. The van der Waals surface area contributed by atoms with Crippen LogP contribution in [-0.2, 0) is 4.79 Å². The molecule has 0 fully saturated rings. The number of nitrogens with zero attached hydrogens (tertiary/aromatic N) is 1. The van der Waals surface area contributed by atoms with Gasteiger partial charge in [0.1, 0.15) is 5.75 Å². The minimum Gasteiger partial charge on any atom is -0.497 e. The van der Waals surface area contributed by atoms with E-state index in [1.54, 1.807) is 56.6 Å². The summed E-state index contributed by atoms with van der Waals surface area (Å²) in [6, 6.07) is 17.8. The van der Waals surface area contributed by atoms with Crippen molar-refractivity contribution in [2.24, 2.45) is 0 Å². The summed E-state index contributed by atoms with van der Waals surface area (Å²) in [7, 11) is 1.58. The van der Waals surface area contributed by atoms with E-state index in [1.165, 1.54) is 0 Å². The van der Waals surface area contributed by atoms with Gasteiger partial charge in [-0.3, -0.25) is 14.6 Å². The van der Waals surface area contributed by atoms with E-state index in [2.05, 4.69) is 15.6 Å². The van der Waals surface area contributed by atoms with Gasteiger partial charge in [0.2, 0.25) is 5.91 Å². The Morgan fingerprint density at radius 2 is 1.79 bits per heavy atom. The average Bonchev–Trinajstić information content (AvgIpc) is 2.74. The van der Waals surface area contributed by atoms with Crippen LogP contribution in [-0.4, -0.2) is 23.9 Å². The Kier molecular flexibility index (Phi) is 6.01. The Balaban J connectivity index is 1.78. The number of nitrogens with one attached hydrogen (secondary N) is 2. The predicted octanol–water partition coefficient (Wildman–Crippen LogP) is 4.36. The molecule has 0 bridgehead atoms. The summed E-state index contributed by atoms with van der Waals surface area (Å²) in [5, 5.41) is 5.69. The zero-order chi connectivity index (χ0) is 19.9. The summed E-state index contributed by atoms with van der Waals surface area (Å²) in [4.78, 5) is 28.6. The first-order chi connectivity index (χ1) is 13.6. The summed E-state index contributed by atoms with van der Waals surface area (Å²) in [6.45, 7) is 1.79. The second kappa shape index (κ2) is 8.81. The minimum atomic E-state index is -0.222. The van der Waals surface area contributed by atoms with Gasteiger partial charge in [0.25, 0.3) is 5.91 Å². The first-order valence-corrected chi connectivity index (χ1v) is 8.91. The van der Waals surface area contributed by atoms with Crippen LogP contribution in [0.4, 0.5) is 11.4 Å².